The summed E-state index contributed by atoms with van der Waals surface area (Å²) in [6, 6.07) is 0.836. The molecule has 0 spiro atoms. The number of hydrogen-bond acceptors (Lipinski definition) is 7. The van der Waals surface area contributed by atoms with Crippen LogP contribution in [0.2, 0.25) is 0 Å². The molecule has 0 bridgehead atoms. The van der Waals surface area contributed by atoms with Crippen LogP contribution in [0.15, 0.2) is 24.7 Å². The van der Waals surface area contributed by atoms with Gasteiger partial charge in [0, 0.05) is 18.0 Å². The molecule has 0 aromatic carbocycles. The molecule has 34 heavy (non-hydrogen) atoms. The Morgan fingerprint density at radius 1 is 1.06 bits per heavy atom. The van der Waals surface area contributed by atoms with Crippen molar-refractivity contribution in [3.8, 4) is 17.1 Å². The summed E-state index contributed by atoms with van der Waals surface area (Å²) in [7, 11) is 0. The normalized spacial score (nSPS) is 17.3. The molecule has 3 aromatic heterocycles. The average molecular weight is 491 g/mol. The van der Waals surface area contributed by atoms with Crippen molar-refractivity contribution in [2.24, 2.45) is 0 Å². The molecule has 2 aliphatic carbocycles. The second-order valence-electron chi connectivity index (χ2n) is 7.90. The lowest BCUT2D eigenvalue weighted by atomic mass is 10.2. The van der Waals surface area contributed by atoms with Gasteiger partial charge in [-0.05, 0) is 38.7 Å². The lowest BCUT2D eigenvalue weighted by Crippen LogP contribution is -2.31. The highest BCUT2D eigenvalue weighted by molar-refractivity contribution is 5.59. The van der Waals surface area contributed by atoms with Gasteiger partial charge in [-0.15, -0.1) is 10.2 Å². The van der Waals surface area contributed by atoms with Crippen LogP contribution in [-0.4, -0.2) is 54.2 Å². The molecule has 184 valence electrons. The monoisotopic (exact) mass is 491 g/mol. The molecule has 5 rings (SSSR count). The topological polar surface area (TPSA) is 94.7 Å². The van der Waals surface area contributed by atoms with Crippen LogP contribution in [0.5, 0.6) is 5.88 Å². The summed E-state index contributed by atoms with van der Waals surface area (Å²) in [5.41, 5.74) is 0.0280. The SMILES string of the molecule is C[C@@H](Oc1ncc(-c2cn3c(C(F)(F)OC4CC4)nnc3cn2)cc1F)C(F)(F)F.OC1CC1. The molecule has 2 saturated carbocycles. The molecule has 0 saturated heterocycles. The number of pyridine rings is 1. The van der Waals surface area contributed by atoms with E-state index in [0.717, 1.165) is 41.9 Å². The van der Waals surface area contributed by atoms with Gasteiger partial charge < -0.3 is 14.6 Å². The zero-order valence-corrected chi connectivity index (χ0v) is 17.6. The summed E-state index contributed by atoms with van der Waals surface area (Å²) in [5.74, 6) is -2.80. The van der Waals surface area contributed by atoms with Crippen molar-refractivity contribution in [3.63, 3.8) is 0 Å². The van der Waals surface area contributed by atoms with Gasteiger partial charge in [0.1, 0.15) is 0 Å². The number of aromatic nitrogens is 5. The highest BCUT2D eigenvalue weighted by Crippen LogP contribution is 2.37. The van der Waals surface area contributed by atoms with Crippen LogP contribution in [0, 0.1) is 5.82 Å². The van der Waals surface area contributed by atoms with Crippen LogP contribution < -0.4 is 4.74 Å². The van der Waals surface area contributed by atoms with Gasteiger partial charge in [-0.2, -0.15) is 22.0 Å². The summed E-state index contributed by atoms with van der Waals surface area (Å²) >= 11 is 0. The van der Waals surface area contributed by atoms with E-state index in [4.69, 9.17) is 5.11 Å². The Morgan fingerprint density at radius 3 is 2.29 bits per heavy atom. The van der Waals surface area contributed by atoms with Crippen LogP contribution in [0.4, 0.5) is 26.3 Å². The summed E-state index contributed by atoms with van der Waals surface area (Å²) in [6.07, 6.45) is -4.74. The third-order valence-electron chi connectivity index (χ3n) is 4.79. The van der Waals surface area contributed by atoms with E-state index in [1.54, 1.807) is 0 Å². The number of alkyl halides is 5. The first-order chi connectivity index (χ1) is 15.9. The number of halogens is 6. The number of ether oxygens (including phenoxy) is 2. The first-order valence-corrected chi connectivity index (χ1v) is 10.3. The molecule has 0 aliphatic heterocycles. The highest BCUT2D eigenvalue weighted by atomic mass is 19.4. The van der Waals surface area contributed by atoms with Gasteiger partial charge in [-0.1, -0.05) is 0 Å². The standard InChI is InChI=1S/C17H13F6N5O2.C3H6O/c1-8(16(19,20)21)29-14-11(18)4-9(5-25-14)12-7-28-13(6-24-12)26-27-15(28)17(22,23)30-10-2-3-10;4-3-1-2-3/h4-8,10H,2-3H2,1H3;3-4H,1-2H2/t8-;/m1./s1. The zero-order valence-electron chi connectivity index (χ0n) is 17.6. The molecule has 1 atom stereocenters. The lowest BCUT2D eigenvalue weighted by Gasteiger charge is -2.17. The minimum atomic E-state index is -4.70. The molecule has 2 aliphatic rings. The Bertz CT molecular complexity index is 1160. The third kappa shape index (κ3) is 5.73. The molecule has 3 heterocycles. The number of rotatable bonds is 6. The maximum absolute atomic E-state index is 14.3. The van der Waals surface area contributed by atoms with Gasteiger partial charge in [0.05, 0.1) is 24.1 Å². The Kier molecular flexibility index (Phi) is 6.38. The molecule has 1 N–H and O–H groups in total. The summed E-state index contributed by atoms with van der Waals surface area (Å²) in [5, 5.41) is 15.2. The number of nitrogens with zero attached hydrogens (tertiary/aromatic N) is 5. The number of fused-ring (bicyclic) bond motifs is 1. The van der Waals surface area contributed by atoms with Crippen LogP contribution >= 0.6 is 0 Å². The van der Waals surface area contributed by atoms with E-state index < -0.39 is 42.0 Å². The Balaban J connectivity index is 0.000000620. The Hall–Kier alpha value is -3.00. The first-order valence-electron chi connectivity index (χ1n) is 10.3. The summed E-state index contributed by atoms with van der Waals surface area (Å²) in [4.78, 5) is 7.52. The highest BCUT2D eigenvalue weighted by Gasteiger charge is 2.44. The quantitative estimate of drug-likeness (QED) is 0.521. The zero-order chi connectivity index (χ0) is 24.7. The molecule has 3 aromatic rings. The van der Waals surface area contributed by atoms with E-state index >= 15 is 0 Å². The molecule has 0 amide bonds. The smallest absolute Gasteiger partial charge is 0.425 e. The lowest BCUT2D eigenvalue weighted by molar-refractivity contribution is -0.261. The van der Waals surface area contributed by atoms with Gasteiger partial charge in [0.25, 0.3) is 5.88 Å². The fraction of sp³-hybridized carbons (Fsp3) is 0.500. The van der Waals surface area contributed by atoms with Crippen molar-refractivity contribution in [1.82, 2.24) is 24.6 Å². The number of hydrogen-bond donors (Lipinski definition) is 1. The van der Waals surface area contributed by atoms with Crippen LogP contribution in [0.25, 0.3) is 16.9 Å². The van der Waals surface area contributed by atoms with Gasteiger partial charge >= 0.3 is 12.3 Å². The predicted octanol–water partition coefficient (Wildman–Crippen LogP) is 4.02. The van der Waals surface area contributed by atoms with Crippen LogP contribution in [0.1, 0.15) is 38.4 Å². The number of aliphatic hydroxyl groups excluding tert-OH is 1. The van der Waals surface area contributed by atoms with E-state index in [9.17, 15) is 26.3 Å². The molecule has 14 heteroatoms. The molecule has 2 fully saturated rings. The predicted molar refractivity (Wildman–Crippen MR) is 103 cm³/mol. The number of aliphatic hydroxyl groups is 1. The van der Waals surface area contributed by atoms with E-state index in [-0.39, 0.29) is 23.0 Å². The van der Waals surface area contributed by atoms with Crippen molar-refractivity contribution >= 4 is 5.65 Å². The van der Waals surface area contributed by atoms with Crippen molar-refractivity contribution in [3.05, 3.63) is 36.3 Å². The second-order valence-corrected chi connectivity index (χ2v) is 7.90. The van der Waals surface area contributed by atoms with Crippen molar-refractivity contribution in [1.29, 1.82) is 0 Å². The molecule has 8 nitrogen and oxygen atoms in total. The second kappa shape index (κ2) is 8.98. The maximum atomic E-state index is 14.3. The summed E-state index contributed by atoms with van der Waals surface area (Å²) < 4.78 is 90.7. The molecular formula is C20H19F6N5O3. The van der Waals surface area contributed by atoms with E-state index in [1.165, 1.54) is 0 Å². The van der Waals surface area contributed by atoms with E-state index in [2.05, 4.69) is 29.6 Å². The molecule has 0 radical (unpaired) electrons. The Labute approximate surface area is 188 Å². The van der Waals surface area contributed by atoms with E-state index in [1.807, 2.05) is 0 Å². The molecular weight excluding hydrogens is 472 g/mol. The van der Waals surface area contributed by atoms with E-state index in [0.29, 0.717) is 19.8 Å². The van der Waals surface area contributed by atoms with Gasteiger partial charge in [-0.25, -0.2) is 9.37 Å². The minimum Gasteiger partial charge on any atom is -0.463 e. The van der Waals surface area contributed by atoms with Crippen molar-refractivity contribution < 1.29 is 40.9 Å². The fourth-order valence-electron chi connectivity index (χ4n) is 2.56. The van der Waals surface area contributed by atoms with Crippen LogP contribution in [0.3, 0.4) is 0 Å². The third-order valence-corrected chi connectivity index (χ3v) is 4.79. The largest absolute Gasteiger partial charge is 0.463 e. The first kappa shape index (κ1) is 24.1. The van der Waals surface area contributed by atoms with Gasteiger partial charge in [-0.3, -0.25) is 9.38 Å². The van der Waals surface area contributed by atoms with Crippen molar-refractivity contribution in [2.45, 2.75) is 63.2 Å². The fourth-order valence-corrected chi connectivity index (χ4v) is 2.56. The minimum absolute atomic E-state index is 0.000193. The van der Waals surface area contributed by atoms with Crippen LogP contribution in [-0.2, 0) is 10.8 Å². The van der Waals surface area contributed by atoms with Gasteiger partial charge in [0.2, 0.25) is 5.82 Å². The Morgan fingerprint density at radius 2 is 1.74 bits per heavy atom. The molecule has 0 unspecified atom stereocenters. The summed E-state index contributed by atoms with van der Waals surface area (Å²) in [6.45, 7) is 0.710. The van der Waals surface area contributed by atoms with Gasteiger partial charge in [0.15, 0.2) is 17.6 Å². The maximum Gasteiger partial charge on any atom is 0.425 e. The average Bonchev–Trinajstić information content (AvgIpc) is 3.68. The van der Waals surface area contributed by atoms with Crippen molar-refractivity contribution in [2.75, 3.05) is 0 Å².